The first-order valence-electron chi connectivity index (χ1n) is 13.0. The molecule has 0 saturated carbocycles. The van der Waals surface area contributed by atoms with E-state index in [1.54, 1.807) is 16.2 Å². The van der Waals surface area contributed by atoms with E-state index in [1.165, 1.54) is 11.5 Å². The lowest BCUT2D eigenvalue weighted by Gasteiger charge is -2.31. The van der Waals surface area contributed by atoms with Crippen molar-refractivity contribution in [3.05, 3.63) is 52.0 Å². The van der Waals surface area contributed by atoms with Crippen LogP contribution in [0.2, 0.25) is 0 Å². The highest BCUT2D eigenvalue weighted by atomic mass is 32.1. The molecule has 0 radical (unpaired) electrons. The minimum Gasteiger partial charge on any atom is -0.391 e. The molecule has 3 aromatic rings. The first-order valence-corrected chi connectivity index (χ1v) is 14.6. The van der Waals surface area contributed by atoms with E-state index >= 15 is 0 Å². The molecule has 0 aliphatic carbocycles. The molecule has 12 heteroatoms. The summed E-state index contributed by atoms with van der Waals surface area (Å²) in [6.07, 6.45) is -0.351. The molecule has 0 bridgehead atoms. The number of β-amino-alcohol motifs (C(OH)–C–C–N with tert-alkyl or cyclic N) is 1. The largest absolute Gasteiger partial charge is 0.391 e. The monoisotopic (exact) mass is 547 g/mol. The number of likely N-dealkylation sites (tertiary alicyclic amines) is 1. The number of benzene rings is 1. The lowest BCUT2D eigenvalue weighted by atomic mass is 9.53. The predicted molar refractivity (Wildman–Crippen MR) is 156 cm³/mol. The van der Waals surface area contributed by atoms with Crippen molar-refractivity contribution in [1.29, 1.82) is 0 Å². The number of aliphatic imine (C=N–C) groups is 1. The second-order valence-electron chi connectivity index (χ2n) is 10.6. The van der Waals surface area contributed by atoms with Crippen LogP contribution < -0.4 is 10.9 Å². The summed E-state index contributed by atoms with van der Waals surface area (Å²) >= 11 is 2.95. The summed E-state index contributed by atoms with van der Waals surface area (Å²) in [7, 11) is 2.86. The van der Waals surface area contributed by atoms with E-state index in [4.69, 9.17) is 0 Å². The maximum atomic E-state index is 13.9. The maximum Gasteiger partial charge on any atom is 0.277 e. The van der Waals surface area contributed by atoms with Crippen LogP contribution in [-0.2, 0) is 15.1 Å². The molecule has 1 fully saturated rings. The number of carbonyl (C=O) groups is 2. The fourth-order valence-electron chi connectivity index (χ4n) is 5.32. The standard InChI is InChI=1S/C26H31B2N5O3S2/c1-13(2)21(19-10-20(28-27)32-38-19)24(35)33-11-17(34)9-18(33)23-30-25(36)26(4,31-23)16-7-5-15(6-8-16)22-14(3)29-12-37-22/h5-8,10,12-13,17-18,21,28,34H,9,11,27H2,1-4H3,(H,30,31,36)/t17-,18?,21?,26+/m1/s1. The molecule has 4 heterocycles. The Hall–Kier alpha value is -2.82. The summed E-state index contributed by atoms with van der Waals surface area (Å²) < 4.78 is 4.49. The molecule has 38 heavy (non-hydrogen) atoms. The highest BCUT2D eigenvalue weighted by Crippen LogP contribution is 2.35. The second kappa shape index (κ2) is 10.4. The molecule has 2 amide bonds. The van der Waals surface area contributed by atoms with Gasteiger partial charge in [-0.1, -0.05) is 38.1 Å². The summed E-state index contributed by atoms with van der Waals surface area (Å²) in [6.45, 7) is 8.06. The minimum atomic E-state index is -1.05. The van der Waals surface area contributed by atoms with Gasteiger partial charge >= 0.3 is 0 Å². The van der Waals surface area contributed by atoms with Gasteiger partial charge in [-0.2, -0.15) is 4.99 Å². The lowest BCUT2D eigenvalue weighted by molar-refractivity contribution is -0.134. The zero-order chi connectivity index (χ0) is 27.2. The van der Waals surface area contributed by atoms with Crippen LogP contribution in [0.5, 0.6) is 0 Å². The van der Waals surface area contributed by atoms with Crippen molar-refractivity contribution in [2.24, 2.45) is 10.9 Å². The topological polar surface area (TPSA) is 108 Å². The van der Waals surface area contributed by atoms with Gasteiger partial charge in [-0.3, -0.25) is 9.59 Å². The zero-order valence-electron chi connectivity index (χ0n) is 22.3. The molecule has 4 atom stereocenters. The fourth-order valence-corrected chi connectivity index (χ4v) is 7.21. The first-order chi connectivity index (χ1) is 18.1. The molecule has 2 aliphatic heterocycles. The van der Waals surface area contributed by atoms with Crippen LogP contribution in [0, 0.1) is 12.8 Å². The van der Waals surface area contributed by atoms with Crippen molar-refractivity contribution in [3.8, 4) is 10.4 Å². The highest BCUT2D eigenvalue weighted by Gasteiger charge is 2.48. The number of thiazole rings is 1. The van der Waals surface area contributed by atoms with Crippen LogP contribution in [-0.4, -0.2) is 70.6 Å². The Morgan fingerprint density at radius 1 is 1.32 bits per heavy atom. The normalized spacial score (nSPS) is 24.0. The van der Waals surface area contributed by atoms with Gasteiger partial charge in [-0.15, -0.1) is 11.3 Å². The number of amides is 2. The lowest BCUT2D eigenvalue weighted by Crippen LogP contribution is -2.51. The average Bonchev–Trinajstić information content (AvgIpc) is 3.67. The van der Waals surface area contributed by atoms with Crippen LogP contribution in [0.1, 0.15) is 49.2 Å². The number of amidine groups is 1. The van der Waals surface area contributed by atoms with Gasteiger partial charge in [0.25, 0.3) is 5.91 Å². The second-order valence-corrected chi connectivity index (χ2v) is 12.3. The number of hydrogen-bond donors (Lipinski definition) is 2. The van der Waals surface area contributed by atoms with Crippen molar-refractivity contribution >= 4 is 61.0 Å². The summed E-state index contributed by atoms with van der Waals surface area (Å²) in [6, 6.07) is 9.38. The van der Waals surface area contributed by atoms with E-state index in [0.717, 1.165) is 39.3 Å². The Labute approximate surface area is 232 Å². The molecule has 1 aromatic carbocycles. The van der Waals surface area contributed by atoms with Crippen molar-refractivity contribution in [1.82, 2.24) is 19.6 Å². The number of aliphatic hydroxyl groups is 1. The Morgan fingerprint density at radius 2 is 2.05 bits per heavy atom. The van der Waals surface area contributed by atoms with Crippen LogP contribution in [0.15, 0.2) is 40.8 Å². The van der Waals surface area contributed by atoms with Gasteiger partial charge in [0.1, 0.15) is 18.5 Å². The molecular formula is C26H31B2N5O3S2. The third kappa shape index (κ3) is 4.74. The molecule has 2 N–H and O–H groups in total. The van der Waals surface area contributed by atoms with Crippen LogP contribution in [0.25, 0.3) is 10.4 Å². The van der Waals surface area contributed by atoms with Gasteiger partial charge in [0.2, 0.25) is 5.91 Å². The Kier molecular flexibility index (Phi) is 7.32. The molecular weight excluding hydrogens is 516 g/mol. The van der Waals surface area contributed by atoms with Crippen LogP contribution in [0.3, 0.4) is 0 Å². The fraction of sp³-hybridized carbons (Fsp3) is 0.423. The first kappa shape index (κ1) is 26.8. The smallest absolute Gasteiger partial charge is 0.277 e. The number of aliphatic hydroxyl groups excluding tert-OH is 1. The SMILES string of the molecule is BBc1cc(C(C(=O)N2C[C@H](O)CC2C2=NC(=O)[C@](C)(c3ccc(-c4scnc4C)cc3)N2)C(C)C)sn1. The summed E-state index contributed by atoms with van der Waals surface area (Å²) in [5.74, 6) is -0.253. The number of rotatable bonds is 7. The Bertz CT molecular complexity index is 1390. The third-order valence-electron chi connectivity index (χ3n) is 7.55. The van der Waals surface area contributed by atoms with Gasteiger partial charge < -0.3 is 15.3 Å². The molecule has 2 aliphatic rings. The van der Waals surface area contributed by atoms with Crippen LogP contribution in [0.4, 0.5) is 0 Å². The highest BCUT2D eigenvalue weighted by molar-refractivity contribution is 7.13. The van der Waals surface area contributed by atoms with Crippen molar-refractivity contribution in [2.45, 2.75) is 57.7 Å². The third-order valence-corrected chi connectivity index (χ3v) is 9.44. The van der Waals surface area contributed by atoms with Gasteiger partial charge in [0.05, 0.1) is 41.9 Å². The number of hydrogen-bond acceptors (Lipinski definition) is 8. The summed E-state index contributed by atoms with van der Waals surface area (Å²) in [4.78, 5) is 39.6. The van der Waals surface area contributed by atoms with Crippen LogP contribution >= 0.6 is 22.9 Å². The van der Waals surface area contributed by atoms with Crippen molar-refractivity contribution in [3.63, 3.8) is 0 Å². The number of carbonyl (C=O) groups excluding carboxylic acids is 2. The Balaban J connectivity index is 1.39. The van der Waals surface area contributed by atoms with E-state index in [1.807, 2.05) is 71.3 Å². The van der Waals surface area contributed by atoms with E-state index in [-0.39, 0.29) is 30.2 Å². The molecule has 2 aromatic heterocycles. The number of aromatic nitrogens is 2. The molecule has 8 nitrogen and oxygen atoms in total. The molecule has 196 valence electrons. The van der Waals surface area contributed by atoms with Gasteiger partial charge in [0, 0.05) is 23.4 Å². The van der Waals surface area contributed by atoms with Gasteiger partial charge in [0.15, 0.2) is 0 Å². The summed E-state index contributed by atoms with van der Waals surface area (Å²) in [5.41, 5.74) is 4.56. The predicted octanol–water partition coefficient (Wildman–Crippen LogP) is 1.33. The molecule has 2 unspecified atom stereocenters. The van der Waals surface area contributed by atoms with E-state index in [2.05, 4.69) is 19.7 Å². The van der Waals surface area contributed by atoms with E-state index in [0.29, 0.717) is 12.3 Å². The zero-order valence-corrected chi connectivity index (χ0v) is 23.9. The molecule has 0 spiro atoms. The molecule has 5 rings (SSSR count). The molecule has 1 saturated heterocycles. The van der Waals surface area contributed by atoms with Gasteiger partial charge in [-0.25, -0.2) is 9.36 Å². The minimum absolute atomic E-state index is 0.0529. The van der Waals surface area contributed by atoms with Gasteiger partial charge in [-0.05, 0) is 48.5 Å². The van der Waals surface area contributed by atoms with E-state index in [9.17, 15) is 14.7 Å². The van der Waals surface area contributed by atoms with E-state index < -0.39 is 17.7 Å². The number of aryl methyl sites for hydroxylation is 1. The summed E-state index contributed by atoms with van der Waals surface area (Å²) in [5, 5.41) is 13.9. The quantitative estimate of drug-likeness (QED) is 0.433. The number of nitrogens with one attached hydrogen (secondary N) is 1. The Morgan fingerprint density at radius 3 is 2.66 bits per heavy atom. The van der Waals surface area contributed by atoms with Crippen molar-refractivity contribution < 1.29 is 14.7 Å². The van der Waals surface area contributed by atoms with Crippen molar-refractivity contribution in [2.75, 3.05) is 6.54 Å². The average molecular weight is 547 g/mol. The number of nitrogens with zero attached hydrogens (tertiary/aromatic N) is 4. The maximum absolute atomic E-state index is 13.9.